The molecule has 0 bridgehead atoms. The summed E-state index contributed by atoms with van der Waals surface area (Å²) in [6, 6.07) is 8.53. The number of rotatable bonds is 6. The van der Waals surface area contributed by atoms with Crippen molar-refractivity contribution < 1.29 is 9.53 Å². The maximum absolute atomic E-state index is 12.4. The smallest absolute Gasteiger partial charge is 0.220 e. The molecule has 0 aliphatic heterocycles. The number of hydrogen-bond acceptors (Lipinski definition) is 3. The van der Waals surface area contributed by atoms with E-state index in [2.05, 4.69) is 17.4 Å². The minimum absolute atomic E-state index is 0. The monoisotopic (exact) mass is 366 g/mol. The third-order valence-corrected chi connectivity index (χ3v) is 6.03. The molecule has 3 rings (SSSR count). The number of halogens is 1. The van der Waals surface area contributed by atoms with Crippen LogP contribution in [-0.2, 0) is 10.2 Å². The summed E-state index contributed by atoms with van der Waals surface area (Å²) in [7, 11) is 1.70. The molecule has 4 nitrogen and oxygen atoms in total. The first-order valence-electron chi connectivity index (χ1n) is 9.30. The van der Waals surface area contributed by atoms with Gasteiger partial charge in [-0.05, 0) is 49.3 Å². The molecule has 2 saturated carbocycles. The molecule has 2 atom stereocenters. The fraction of sp³-hybridized carbons (Fsp3) is 0.650. The number of hydrogen-bond donors (Lipinski definition) is 2. The van der Waals surface area contributed by atoms with Gasteiger partial charge in [-0.15, -0.1) is 12.4 Å². The molecule has 1 amide bonds. The number of nitrogens with one attached hydrogen (secondary N) is 1. The maximum Gasteiger partial charge on any atom is 0.220 e. The van der Waals surface area contributed by atoms with Crippen molar-refractivity contribution >= 4 is 18.3 Å². The molecule has 1 aromatic rings. The summed E-state index contributed by atoms with van der Waals surface area (Å²) in [4.78, 5) is 12.4. The molecular formula is C20H31ClN2O2. The van der Waals surface area contributed by atoms with Crippen LogP contribution in [0.25, 0.3) is 0 Å². The van der Waals surface area contributed by atoms with Crippen LogP contribution in [0.15, 0.2) is 24.3 Å². The highest BCUT2D eigenvalue weighted by atomic mass is 35.5. The van der Waals surface area contributed by atoms with Gasteiger partial charge in [-0.25, -0.2) is 0 Å². The second kappa shape index (κ2) is 8.91. The lowest BCUT2D eigenvalue weighted by atomic mass is 9.78. The largest absolute Gasteiger partial charge is 0.497 e. The van der Waals surface area contributed by atoms with Crippen molar-refractivity contribution in [3.63, 3.8) is 0 Å². The Morgan fingerprint density at radius 1 is 1.28 bits per heavy atom. The van der Waals surface area contributed by atoms with Crippen LogP contribution in [0.5, 0.6) is 5.75 Å². The van der Waals surface area contributed by atoms with Gasteiger partial charge in [0.2, 0.25) is 5.91 Å². The summed E-state index contributed by atoms with van der Waals surface area (Å²) in [5.74, 6) is 1.41. The molecule has 0 aromatic heterocycles. The van der Waals surface area contributed by atoms with Gasteiger partial charge in [0.25, 0.3) is 0 Å². The lowest BCUT2D eigenvalue weighted by Crippen LogP contribution is -2.40. The topological polar surface area (TPSA) is 64.3 Å². The molecule has 3 N–H and O–H groups in total. The quantitative estimate of drug-likeness (QED) is 0.809. The molecule has 0 saturated heterocycles. The number of carbonyl (C=O) groups is 1. The Hall–Kier alpha value is -1.26. The third kappa shape index (κ3) is 4.68. The molecule has 0 unspecified atom stereocenters. The van der Waals surface area contributed by atoms with Gasteiger partial charge in [0, 0.05) is 24.4 Å². The zero-order valence-electron chi connectivity index (χ0n) is 15.1. The highest BCUT2D eigenvalue weighted by Gasteiger charge is 2.36. The average molecular weight is 367 g/mol. The van der Waals surface area contributed by atoms with Gasteiger partial charge in [0.05, 0.1) is 7.11 Å². The first-order chi connectivity index (χ1) is 11.6. The normalized spacial score (nSPS) is 24.6. The molecule has 2 aliphatic carbocycles. The van der Waals surface area contributed by atoms with E-state index in [1.807, 2.05) is 12.1 Å². The predicted octanol–water partition coefficient (Wildman–Crippen LogP) is 3.56. The zero-order valence-corrected chi connectivity index (χ0v) is 15.9. The van der Waals surface area contributed by atoms with E-state index in [-0.39, 0.29) is 29.8 Å². The lowest BCUT2D eigenvalue weighted by Gasteiger charge is -2.30. The number of nitrogens with two attached hydrogens (primary N) is 1. The maximum atomic E-state index is 12.4. The summed E-state index contributed by atoms with van der Waals surface area (Å²) < 4.78 is 5.38. The lowest BCUT2D eigenvalue weighted by molar-refractivity contribution is -0.122. The first-order valence-corrected chi connectivity index (χ1v) is 9.30. The van der Waals surface area contributed by atoms with Crippen LogP contribution in [0, 0.1) is 5.92 Å². The van der Waals surface area contributed by atoms with Crippen LogP contribution < -0.4 is 15.8 Å². The van der Waals surface area contributed by atoms with E-state index in [9.17, 15) is 4.79 Å². The van der Waals surface area contributed by atoms with Crippen molar-refractivity contribution in [3.8, 4) is 5.75 Å². The molecule has 0 heterocycles. The van der Waals surface area contributed by atoms with E-state index in [4.69, 9.17) is 10.5 Å². The Bertz CT molecular complexity index is 573. The number of ether oxygens (including phenoxy) is 1. The minimum Gasteiger partial charge on any atom is -0.497 e. The van der Waals surface area contributed by atoms with Gasteiger partial charge < -0.3 is 15.8 Å². The van der Waals surface area contributed by atoms with Crippen LogP contribution in [-0.4, -0.2) is 25.6 Å². The van der Waals surface area contributed by atoms with Crippen LogP contribution in [0.1, 0.15) is 56.9 Å². The molecule has 2 fully saturated rings. The van der Waals surface area contributed by atoms with Crippen molar-refractivity contribution in [1.82, 2.24) is 5.32 Å². The highest BCUT2D eigenvalue weighted by Crippen LogP contribution is 2.41. The van der Waals surface area contributed by atoms with Gasteiger partial charge in [-0.2, -0.15) is 0 Å². The Balaban J connectivity index is 0.00000225. The van der Waals surface area contributed by atoms with Gasteiger partial charge in [0.1, 0.15) is 5.75 Å². The summed E-state index contributed by atoms with van der Waals surface area (Å²) in [5.41, 5.74) is 7.45. The standard InChI is InChI=1S/C20H30N2O2.ClH/c1-24-17-8-5-7-16(13-17)20(10-2-3-11-20)14-22-19(23)12-15-6-4-9-18(15)21;/h5,7-8,13,15,18H,2-4,6,9-12,14,21H2,1H3,(H,22,23);1H/t15-,18+;/m0./s1. The number of amides is 1. The van der Waals surface area contributed by atoms with Crippen LogP contribution in [0.4, 0.5) is 0 Å². The number of methoxy groups -OCH3 is 1. The van der Waals surface area contributed by atoms with E-state index in [0.29, 0.717) is 12.3 Å². The van der Waals surface area contributed by atoms with E-state index >= 15 is 0 Å². The van der Waals surface area contributed by atoms with Crippen molar-refractivity contribution in [2.45, 2.75) is 62.8 Å². The predicted molar refractivity (Wildman–Crippen MR) is 103 cm³/mol. The Labute approximate surface area is 157 Å². The molecule has 140 valence electrons. The van der Waals surface area contributed by atoms with E-state index in [0.717, 1.165) is 44.4 Å². The summed E-state index contributed by atoms with van der Waals surface area (Å²) in [6.45, 7) is 0.723. The molecule has 0 radical (unpaired) electrons. The van der Waals surface area contributed by atoms with Crippen molar-refractivity contribution in [2.24, 2.45) is 11.7 Å². The van der Waals surface area contributed by atoms with Crippen molar-refractivity contribution in [3.05, 3.63) is 29.8 Å². The molecular weight excluding hydrogens is 336 g/mol. The molecule has 25 heavy (non-hydrogen) atoms. The summed E-state index contributed by atoms with van der Waals surface area (Å²) >= 11 is 0. The fourth-order valence-electron chi connectivity index (χ4n) is 4.47. The van der Waals surface area contributed by atoms with Crippen molar-refractivity contribution in [1.29, 1.82) is 0 Å². The fourth-order valence-corrected chi connectivity index (χ4v) is 4.47. The second-order valence-corrected chi connectivity index (χ2v) is 7.56. The van der Waals surface area contributed by atoms with Gasteiger partial charge in [-0.1, -0.05) is 31.4 Å². The number of carbonyl (C=O) groups excluding carboxylic acids is 1. The summed E-state index contributed by atoms with van der Waals surface area (Å²) in [6.07, 6.45) is 8.59. The van der Waals surface area contributed by atoms with Crippen molar-refractivity contribution in [2.75, 3.05) is 13.7 Å². The average Bonchev–Trinajstić information content (AvgIpc) is 3.24. The van der Waals surface area contributed by atoms with Gasteiger partial charge >= 0.3 is 0 Å². The zero-order chi connectivity index (χ0) is 17.0. The van der Waals surface area contributed by atoms with Gasteiger partial charge in [-0.3, -0.25) is 4.79 Å². The van der Waals surface area contributed by atoms with Crippen LogP contribution in [0.3, 0.4) is 0 Å². The third-order valence-electron chi connectivity index (χ3n) is 6.03. The Morgan fingerprint density at radius 2 is 2.04 bits per heavy atom. The minimum atomic E-state index is 0. The molecule has 2 aliphatic rings. The SMILES string of the molecule is COc1cccc(C2(CNC(=O)C[C@@H]3CCC[C@H]3N)CCCC2)c1.Cl. The molecule has 1 aromatic carbocycles. The Kier molecular flexibility index (Phi) is 7.14. The highest BCUT2D eigenvalue weighted by molar-refractivity contribution is 5.85. The summed E-state index contributed by atoms with van der Waals surface area (Å²) in [5, 5.41) is 3.21. The van der Waals surface area contributed by atoms with E-state index in [1.165, 1.54) is 18.4 Å². The first kappa shape index (κ1) is 20.1. The second-order valence-electron chi connectivity index (χ2n) is 7.56. The van der Waals surface area contributed by atoms with Crippen LogP contribution in [0.2, 0.25) is 0 Å². The number of benzene rings is 1. The van der Waals surface area contributed by atoms with Crippen LogP contribution >= 0.6 is 12.4 Å². The van der Waals surface area contributed by atoms with E-state index in [1.54, 1.807) is 7.11 Å². The van der Waals surface area contributed by atoms with E-state index < -0.39 is 0 Å². The van der Waals surface area contributed by atoms with Gasteiger partial charge in [0.15, 0.2) is 0 Å². The Morgan fingerprint density at radius 3 is 2.68 bits per heavy atom. The molecule has 0 spiro atoms. The molecule has 5 heteroatoms.